The summed E-state index contributed by atoms with van der Waals surface area (Å²) in [6, 6.07) is 21.2. The van der Waals surface area contributed by atoms with Gasteiger partial charge in [-0.25, -0.2) is 0 Å². The van der Waals surface area contributed by atoms with Crippen LogP contribution < -0.4 is 10.4 Å². The molecule has 0 aliphatic heterocycles. The summed E-state index contributed by atoms with van der Waals surface area (Å²) in [5.41, 5.74) is 0. The Bertz CT molecular complexity index is 407. The molecule has 0 bridgehead atoms. The first-order chi connectivity index (χ1) is 8.92. The van der Waals surface area contributed by atoms with E-state index in [1.807, 2.05) is 12.1 Å². The summed E-state index contributed by atoms with van der Waals surface area (Å²) in [4.78, 5) is 0. The van der Waals surface area contributed by atoms with E-state index in [0.29, 0.717) is 12.5 Å². The lowest BCUT2D eigenvalue weighted by molar-refractivity contribution is 0.194. The van der Waals surface area contributed by atoms with E-state index in [0.717, 1.165) is 6.23 Å². The van der Waals surface area contributed by atoms with Gasteiger partial charge in [-0.05, 0) is 0 Å². The van der Waals surface area contributed by atoms with Crippen molar-refractivity contribution in [2.45, 2.75) is 0 Å². The first kappa shape index (κ1) is 13.3. The number of rotatable bonds is 6. The monoisotopic (exact) mass is 275 g/mol. The van der Waals surface area contributed by atoms with Crippen LogP contribution in [0.15, 0.2) is 60.7 Å². The molecule has 0 heterocycles. The maximum Gasteiger partial charge on any atom is 0.150 e. The van der Waals surface area contributed by atoms with E-state index in [-0.39, 0.29) is 0 Å². The molecule has 0 aromatic heterocycles. The highest BCUT2D eigenvalue weighted by molar-refractivity contribution is 6.85. The van der Waals surface area contributed by atoms with Gasteiger partial charge in [0.2, 0.25) is 0 Å². The molecule has 0 saturated carbocycles. The molecule has 0 aliphatic rings. The minimum Gasteiger partial charge on any atom is -0.383 e. The molecule has 1 nitrogen and oxygen atoms in total. The van der Waals surface area contributed by atoms with E-state index >= 15 is 0 Å². The van der Waals surface area contributed by atoms with Gasteiger partial charge in [0, 0.05) is 12.1 Å². The molecule has 0 fully saturated rings. The van der Waals surface area contributed by atoms with E-state index in [2.05, 4.69) is 48.5 Å². The average molecular weight is 276 g/mol. The van der Waals surface area contributed by atoms with Gasteiger partial charge in [-0.1, -0.05) is 71.0 Å². The molecular formula is C15H16ClOSi. The van der Waals surface area contributed by atoms with Crippen LogP contribution in [-0.2, 0) is 4.74 Å². The van der Waals surface area contributed by atoms with E-state index in [1.54, 1.807) is 0 Å². The Labute approximate surface area is 115 Å². The molecule has 3 heteroatoms. The first-order valence-corrected chi connectivity index (χ1v) is 8.26. The van der Waals surface area contributed by atoms with Crippen molar-refractivity contribution in [2.24, 2.45) is 0 Å². The SMILES string of the molecule is ClCCOC[Si](c1ccccc1)c1ccccc1. The van der Waals surface area contributed by atoms with E-state index in [1.165, 1.54) is 10.4 Å². The fourth-order valence-corrected chi connectivity index (χ4v) is 4.15. The van der Waals surface area contributed by atoms with E-state index < -0.39 is 8.80 Å². The van der Waals surface area contributed by atoms with Gasteiger partial charge in [0.25, 0.3) is 0 Å². The Morgan fingerprint density at radius 1 is 0.833 bits per heavy atom. The summed E-state index contributed by atoms with van der Waals surface area (Å²) in [5, 5.41) is 2.76. The quantitative estimate of drug-likeness (QED) is 0.446. The lowest BCUT2D eigenvalue weighted by Crippen LogP contribution is -2.46. The highest BCUT2D eigenvalue weighted by atomic mass is 35.5. The van der Waals surface area contributed by atoms with Crippen LogP contribution in [-0.4, -0.2) is 27.5 Å². The number of benzene rings is 2. The van der Waals surface area contributed by atoms with Crippen molar-refractivity contribution < 1.29 is 4.74 Å². The molecule has 0 spiro atoms. The second-order valence-electron chi connectivity index (χ2n) is 3.95. The van der Waals surface area contributed by atoms with Gasteiger partial charge in [-0.2, -0.15) is 0 Å². The van der Waals surface area contributed by atoms with Crippen LogP contribution in [0, 0.1) is 0 Å². The lowest BCUT2D eigenvalue weighted by atomic mass is 10.4. The highest BCUT2D eigenvalue weighted by Crippen LogP contribution is 1.94. The summed E-state index contributed by atoms with van der Waals surface area (Å²) in [7, 11) is -0.853. The van der Waals surface area contributed by atoms with Gasteiger partial charge in [0.15, 0.2) is 8.80 Å². The van der Waals surface area contributed by atoms with E-state index in [9.17, 15) is 0 Å². The topological polar surface area (TPSA) is 9.23 Å². The predicted molar refractivity (Wildman–Crippen MR) is 79.4 cm³/mol. The van der Waals surface area contributed by atoms with Crippen LogP contribution in [0.1, 0.15) is 0 Å². The maximum absolute atomic E-state index is 5.67. The Morgan fingerprint density at radius 3 is 1.78 bits per heavy atom. The molecule has 93 valence electrons. The lowest BCUT2D eigenvalue weighted by Gasteiger charge is -2.15. The maximum atomic E-state index is 5.67. The third-order valence-corrected chi connectivity index (χ3v) is 5.42. The van der Waals surface area contributed by atoms with Crippen molar-refractivity contribution in [3.8, 4) is 0 Å². The van der Waals surface area contributed by atoms with Crippen molar-refractivity contribution in [1.29, 1.82) is 0 Å². The molecule has 0 amide bonds. The van der Waals surface area contributed by atoms with Crippen molar-refractivity contribution >= 4 is 30.8 Å². The number of ether oxygens (including phenoxy) is 1. The Morgan fingerprint density at radius 2 is 1.33 bits per heavy atom. The van der Waals surface area contributed by atoms with Gasteiger partial charge in [-0.3, -0.25) is 0 Å². The fourth-order valence-electron chi connectivity index (χ4n) is 1.84. The molecule has 0 unspecified atom stereocenters. The molecule has 18 heavy (non-hydrogen) atoms. The van der Waals surface area contributed by atoms with Gasteiger partial charge in [0.05, 0.1) is 6.61 Å². The molecule has 0 atom stereocenters. The Hall–Kier alpha value is -1.09. The predicted octanol–water partition coefficient (Wildman–Crippen LogP) is 2.09. The number of hydrogen-bond donors (Lipinski definition) is 0. The molecule has 2 rings (SSSR count). The second kappa shape index (κ2) is 7.37. The Kier molecular flexibility index (Phi) is 5.46. The largest absolute Gasteiger partial charge is 0.383 e. The highest BCUT2D eigenvalue weighted by Gasteiger charge is 2.16. The van der Waals surface area contributed by atoms with Crippen LogP contribution >= 0.6 is 11.6 Å². The first-order valence-electron chi connectivity index (χ1n) is 6.02. The average Bonchev–Trinajstić information content (AvgIpc) is 2.46. The van der Waals surface area contributed by atoms with Gasteiger partial charge < -0.3 is 4.74 Å². The van der Waals surface area contributed by atoms with Crippen LogP contribution in [0.3, 0.4) is 0 Å². The summed E-state index contributed by atoms with van der Waals surface area (Å²) in [5.74, 6) is 0.554. The van der Waals surface area contributed by atoms with Crippen LogP contribution in [0.4, 0.5) is 0 Å². The summed E-state index contributed by atoms with van der Waals surface area (Å²) < 4.78 is 5.67. The second-order valence-corrected chi connectivity index (χ2v) is 6.73. The third kappa shape index (κ3) is 3.70. The van der Waals surface area contributed by atoms with Crippen LogP contribution in [0.5, 0.6) is 0 Å². The van der Waals surface area contributed by atoms with Crippen molar-refractivity contribution in [3.63, 3.8) is 0 Å². The third-order valence-electron chi connectivity index (χ3n) is 2.71. The van der Waals surface area contributed by atoms with Gasteiger partial charge in [0.1, 0.15) is 0 Å². The Balaban J connectivity index is 2.18. The van der Waals surface area contributed by atoms with Gasteiger partial charge >= 0.3 is 0 Å². The fraction of sp³-hybridized carbons (Fsp3) is 0.200. The molecule has 0 N–H and O–H groups in total. The zero-order chi connectivity index (χ0) is 12.6. The van der Waals surface area contributed by atoms with Crippen LogP contribution in [0.25, 0.3) is 0 Å². The summed E-state index contributed by atoms with van der Waals surface area (Å²) >= 11 is 5.66. The molecule has 2 aromatic carbocycles. The molecule has 1 radical (unpaired) electrons. The van der Waals surface area contributed by atoms with Crippen molar-refractivity contribution in [2.75, 3.05) is 18.7 Å². The minimum absolute atomic E-state index is 0.554. The number of hydrogen-bond acceptors (Lipinski definition) is 1. The number of halogens is 1. The zero-order valence-corrected chi connectivity index (χ0v) is 11.9. The summed E-state index contributed by atoms with van der Waals surface area (Å²) in [6.07, 6.45) is 0.769. The number of alkyl halides is 1. The minimum atomic E-state index is -0.853. The van der Waals surface area contributed by atoms with Gasteiger partial charge in [-0.15, -0.1) is 11.6 Å². The molecule has 0 saturated heterocycles. The summed E-state index contributed by atoms with van der Waals surface area (Å²) in [6.45, 7) is 0.620. The molecule has 0 aliphatic carbocycles. The smallest absolute Gasteiger partial charge is 0.150 e. The normalized spacial score (nSPS) is 10.8. The van der Waals surface area contributed by atoms with Crippen molar-refractivity contribution in [3.05, 3.63) is 60.7 Å². The van der Waals surface area contributed by atoms with Crippen LogP contribution in [0.2, 0.25) is 0 Å². The van der Waals surface area contributed by atoms with Crippen molar-refractivity contribution in [1.82, 2.24) is 0 Å². The standard InChI is InChI=1S/C15H16ClOSi/c16-11-12-17-13-18(14-7-3-1-4-8-14)15-9-5-2-6-10-15/h1-10H,11-13H2. The molecule has 2 aromatic rings. The zero-order valence-electron chi connectivity index (χ0n) is 10.2. The molecular weight excluding hydrogens is 260 g/mol. The van der Waals surface area contributed by atoms with E-state index in [4.69, 9.17) is 16.3 Å².